The van der Waals surface area contributed by atoms with Gasteiger partial charge in [0.2, 0.25) is 11.8 Å². The van der Waals surface area contributed by atoms with E-state index in [4.69, 9.17) is 21.1 Å². The molecule has 4 aliphatic heterocycles. The highest BCUT2D eigenvalue weighted by Gasteiger charge is 2.74. The average molecular weight is 634 g/mol. The molecule has 6 rings (SSSR count). The van der Waals surface area contributed by atoms with Gasteiger partial charge in [-0.3, -0.25) is 19.2 Å². The van der Waals surface area contributed by atoms with Gasteiger partial charge in [0.15, 0.2) is 0 Å². The molecule has 2 aromatic carbocycles. The number of aliphatic hydroxyl groups excluding tert-OH is 1. The fourth-order valence-corrected chi connectivity index (χ4v) is 7.08. The zero-order valence-electron chi connectivity index (χ0n) is 24.9. The lowest BCUT2D eigenvalue weighted by Gasteiger charge is -2.39. The molecule has 7 atom stereocenters. The fourth-order valence-electron chi connectivity index (χ4n) is 6.96. The highest BCUT2D eigenvalue weighted by atomic mass is 35.5. The Labute approximate surface area is 266 Å². The molecule has 2 N–H and O–H groups in total. The standard InChI is InChI=1S/C34H36ClN3O7/c1-21-19-36-27(40)10-6-3-7-17-37(24-13-11-23(35)12-14-24)32(42)30-34-16-15-26(45-34)28(33(43)44-21)29(34)31(41)38(30)25(20-39)18-22-8-4-2-5-9-22/h2-5,7-9,11-16,21,25-26,28-30,39H,6,10,17-20H2,1H3,(H,36,40)/b7-3-/t21-,25-,26+,28-,29-,30+,34-/m1/s1. The molecule has 236 valence electrons. The number of nitrogens with zero attached hydrogens (tertiary/aromatic N) is 2. The van der Waals surface area contributed by atoms with Crippen molar-refractivity contribution in [3.8, 4) is 0 Å². The molecular formula is C34H36ClN3O7. The number of rotatable bonds is 5. The summed E-state index contributed by atoms with van der Waals surface area (Å²) in [5.41, 5.74) is -0.0293. The molecule has 5 bridgehead atoms. The molecule has 4 aliphatic rings. The van der Waals surface area contributed by atoms with Crippen molar-refractivity contribution in [2.75, 3.05) is 24.6 Å². The molecule has 45 heavy (non-hydrogen) atoms. The third-order valence-electron chi connectivity index (χ3n) is 9.04. The Kier molecular flexibility index (Phi) is 8.81. The molecule has 2 fully saturated rings. The summed E-state index contributed by atoms with van der Waals surface area (Å²) in [4.78, 5) is 58.5. The van der Waals surface area contributed by atoms with Gasteiger partial charge in [-0.25, -0.2) is 0 Å². The van der Waals surface area contributed by atoms with Crippen molar-refractivity contribution in [2.45, 2.75) is 56.1 Å². The molecule has 3 amide bonds. The molecule has 10 nitrogen and oxygen atoms in total. The van der Waals surface area contributed by atoms with Crippen LogP contribution in [0.3, 0.4) is 0 Å². The SMILES string of the molecule is C[C@@H]1CNC(=O)CC/C=C\CN(c2ccc(Cl)cc2)C(=O)[C@@H]2N([C@@H](CO)Cc3ccccc3)C(=O)[C@H]3[C@H](C(=O)O1)[C@@H]1C=C[C@]23O1. The van der Waals surface area contributed by atoms with Gasteiger partial charge in [0, 0.05) is 23.7 Å². The van der Waals surface area contributed by atoms with Crippen LogP contribution in [0.5, 0.6) is 0 Å². The van der Waals surface area contributed by atoms with Crippen molar-refractivity contribution >= 4 is 41.0 Å². The van der Waals surface area contributed by atoms with Gasteiger partial charge in [0.1, 0.15) is 23.7 Å². The molecule has 0 saturated carbocycles. The number of carbonyl (C=O) groups excluding carboxylic acids is 4. The van der Waals surface area contributed by atoms with Crippen molar-refractivity contribution < 1.29 is 33.8 Å². The van der Waals surface area contributed by atoms with Gasteiger partial charge in [-0.15, -0.1) is 0 Å². The minimum atomic E-state index is -1.45. The molecule has 4 heterocycles. The highest BCUT2D eigenvalue weighted by Crippen LogP contribution is 2.56. The summed E-state index contributed by atoms with van der Waals surface area (Å²) in [7, 11) is 0. The summed E-state index contributed by atoms with van der Waals surface area (Å²) in [6.07, 6.45) is 6.61. The van der Waals surface area contributed by atoms with Crippen LogP contribution < -0.4 is 10.2 Å². The number of esters is 1. The van der Waals surface area contributed by atoms with Crippen LogP contribution in [-0.2, 0) is 35.1 Å². The van der Waals surface area contributed by atoms with E-state index >= 15 is 0 Å². The van der Waals surface area contributed by atoms with Crippen molar-refractivity contribution in [2.24, 2.45) is 11.8 Å². The van der Waals surface area contributed by atoms with Crippen LogP contribution in [-0.4, -0.2) is 83.3 Å². The molecule has 11 heteroatoms. The fraction of sp³-hybridized carbons (Fsp3) is 0.412. The Morgan fingerprint density at radius 2 is 1.80 bits per heavy atom. The summed E-state index contributed by atoms with van der Waals surface area (Å²) in [5, 5.41) is 14.0. The number of halogens is 1. The molecule has 2 aromatic rings. The molecule has 2 saturated heterocycles. The maximum absolute atomic E-state index is 14.9. The van der Waals surface area contributed by atoms with Crippen LogP contribution in [0.25, 0.3) is 0 Å². The minimum Gasteiger partial charge on any atom is -0.460 e. The largest absolute Gasteiger partial charge is 0.460 e. The van der Waals surface area contributed by atoms with E-state index in [0.29, 0.717) is 17.1 Å². The van der Waals surface area contributed by atoms with E-state index in [1.807, 2.05) is 42.5 Å². The van der Waals surface area contributed by atoms with Gasteiger partial charge >= 0.3 is 5.97 Å². The quantitative estimate of drug-likeness (QED) is 0.383. The first-order chi connectivity index (χ1) is 21.7. The maximum Gasteiger partial charge on any atom is 0.313 e. The smallest absolute Gasteiger partial charge is 0.313 e. The number of likely N-dealkylation sites (tertiary alicyclic amines) is 1. The number of aliphatic hydroxyl groups is 1. The van der Waals surface area contributed by atoms with Crippen LogP contribution in [0.15, 0.2) is 78.9 Å². The van der Waals surface area contributed by atoms with Gasteiger partial charge in [0.25, 0.3) is 5.91 Å². The first-order valence-corrected chi connectivity index (χ1v) is 15.6. The predicted molar refractivity (Wildman–Crippen MR) is 166 cm³/mol. The Balaban J connectivity index is 1.46. The number of hydrogen-bond acceptors (Lipinski definition) is 7. The van der Waals surface area contributed by atoms with Crippen LogP contribution in [0.1, 0.15) is 25.3 Å². The number of cyclic esters (lactones) is 1. The average Bonchev–Trinajstić information content (AvgIpc) is 3.68. The number of hydrogen-bond donors (Lipinski definition) is 2. The van der Waals surface area contributed by atoms with Crippen LogP contribution in [0.2, 0.25) is 5.02 Å². The second-order valence-corrected chi connectivity index (χ2v) is 12.4. The highest BCUT2D eigenvalue weighted by molar-refractivity contribution is 6.30. The van der Waals surface area contributed by atoms with Crippen LogP contribution in [0.4, 0.5) is 5.69 Å². The summed E-state index contributed by atoms with van der Waals surface area (Å²) in [6, 6.07) is 14.3. The zero-order chi connectivity index (χ0) is 31.7. The van der Waals surface area contributed by atoms with E-state index < -0.39 is 66.1 Å². The third-order valence-corrected chi connectivity index (χ3v) is 9.29. The normalized spacial score (nSPS) is 31.5. The molecule has 0 aliphatic carbocycles. The van der Waals surface area contributed by atoms with E-state index in [-0.39, 0.29) is 31.8 Å². The van der Waals surface area contributed by atoms with E-state index in [0.717, 1.165) is 5.56 Å². The molecular weight excluding hydrogens is 598 g/mol. The van der Waals surface area contributed by atoms with Crippen LogP contribution in [0, 0.1) is 11.8 Å². The van der Waals surface area contributed by atoms with Gasteiger partial charge in [-0.2, -0.15) is 0 Å². The summed E-state index contributed by atoms with van der Waals surface area (Å²) in [5.74, 6) is -3.76. The number of fused-ring (bicyclic) bond motifs is 2. The van der Waals surface area contributed by atoms with Crippen LogP contribution >= 0.6 is 11.6 Å². The lowest BCUT2D eigenvalue weighted by molar-refractivity contribution is -0.159. The predicted octanol–water partition coefficient (Wildman–Crippen LogP) is 2.83. The number of carbonyl (C=O) groups is 4. The monoisotopic (exact) mass is 633 g/mol. The van der Waals surface area contributed by atoms with Crippen molar-refractivity contribution in [1.82, 2.24) is 10.2 Å². The Morgan fingerprint density at radius 3 is 2.53 bits per heavy atom. The van der Waals surface area contributed by atoms with E-state index in [1.165, 1.54) is 4.90 Å². The first-order valence-electron chi connectivity index (χ1n) is 15.3. The van der Waals surface area contributed by atoms with Gasteiger partial charge in [0.05, 0.1) is 31.2 Å². The summed E-state index contributed by atoms with van der Waals surface area (Å²) in [6.45, 7) is 1.52. The molecule has 1 spiro atoms. The topological polar surface area (TPSA) is 125 Å². The minimum absolute atomic E-state index is 0.118. The van der Waals surface area contributed by atoms with E-state index in [1.54, 1.807) is 48.2 Å². The second-order valence-electron chi connectivity index (χ2n) is 12.0. The van der Waals surface area contributed by atoms with Crippen molar-refractivity contribution in [3.05, 3.63) is 89.5 Å². The lowest BCUT2D eigenvalue weighted by Crippen LogP contribution is -2.59. The number of ether oxygens (including phenoxy) is 2. The molecule has 0 radical (unpaired) electrons. The Bertz CT molecular complexity index is 1510. The van der Waals surface area contributed by atoms with E-state index in [2.05, 4.69) is 5.32 Å². The zero-order valence-corrected chi connectivity index (χ0v) is 25.6. The maximum atomic E-state index is 14.9. The number of anilines is 1. The molecule has 0 unspecified atom stereocenters. The Hall–Kier alpha value is -3.99. The van der Waals surface area contributed by atoms with Crippen molar-refractivity contribution in [1.29, 1.82) is 0 Å². The van der Waals surface area contributed by atoms with Gasteiger partial charge < -0.3 is 29.7 Å². The number of allylic oxidation sites excluding steroid dienone is 1. The third kappa shape index (κ3) is 5.78. The Morgan fingerprint density at radius 1 is 1.04 bits per heavy atom. The lowest BCUT2D eigenvalue weighted by atomic mass is 9.74. The number of nitrogens with one attached hydrogen (secondary N) is 1. The summed E-state index contributed by atoms with van der Waals surface area (Å²) < 4.78 is 12.2. The molecule has 0 aromatic heterocycles. The summed E-state index contributed by atoms with van der Waals surface area (Å²) >= 11 is 6.18. The van der Waals surface area contributed by atoms with E-state index in [9.17, 15) is 24.3 Å². The van der Waals surface area contributed by atoms with Gasteiger partial charge in [-0.05, 0) is 49.6 Å². The number of benzene rings is 2. The second kappa shape index (κ2) is 12.8. The first kappa shape index (κ1) is 31.0. The van der Waals surface area contributed by atoms with Gasteiger partial charge in [-0.1, -0.05) is 66.2 Å². The van der Waals surface area contributed by atoms with Crippen molar-refractivity contribution in [3.63, 3.8) is 0 Å². The number of amides is 3.